The number of benzene rings is 1. The van der Waals surface area contributed by atoms with Crippen LogP contribution in [0.25, 0.3) is 0 Å². The molecule has 1 aliphatic rings. The van der Waals surface area contributed by atoms with Gasteiger partial charge in [-0.15, -0.1) is 0 Å². The molecule has 4 heteroatoms. The van der Waals surface area contributed by atoms with Gasteiger partial charge < -0.3 is 10.2 Å². The first-order chi connectivity index (χ1) is 10.0. The summed E-state index contributed by atoms with van der Waals surface area (Å²) in [4.78, 5) is 2.35. The molecule has 118 valence electrons. The molecule has 0 unspecified atom stereocenters. The second kappa shape index (κ2) is 7.50. The largest absolute Gasteiger partial charge is 0.370 e. The highest BCUT2D eigenvalue weighted by molar-refractivity contribution is 8.00. The lowest BCUT2D eigenvalue weighted by Crippen LogP contribution is -2.29. The highest BCUT2D eigenvalue weighted by Gasteiger charge is 2.25. The van der Waals surface area contributed by atoms with E-state index in [4.69, 9.17) is 0 Å². The van der Waals surface area contributed by atoms with Crippen molar-refractivity contribution in [2.45, 2.75) is 44.9 Å². The van der Waals surface area contributed by atoms with Crippen LogP contribution in [0.3, 0.4) is 0 Å². The van der Waals surface area contributed by atoms with Gasteiger partial charge in [0.1, 0.15) is 5.82 Å². The van der Waals surface area contributed by atoms with E-state index < -0.39 is 0 Å². The molecule has 0 saturated carbocycles. The predicted molar refractivity (Wildman–Crippen MR) is 91.8 cm³/mol. The summed E-state index contributed by atoms with van der Waals surface area (Å²) in [6.07, 6.45) is 2.20. The highest BCUT2D eigenvalue weighted by atomic mass is 32.2. The smallest absolute Gasteiger partial charge is 0.129 e. The van der Waals surface area contributed by atoms with E-state index in [1.165, 1.54) is 0 Å². The second-order valence-corrected chi connectivity index (χ2v) is 8.06. The number of rotatable bonds is 5. The Balaban J connectivity index is 2.16. The van der Waals surface area contributed by atoms with Crippen LogP contribution >= 0.6 is 11.8 Å². The van der Waals surface area contributed by atoms with Crippen LogP contribution in [0, 0.1) is 5.82 Å². The first-order valence-corrected chi connectivity index (χ1v) is 8.89. The summed E-state index contributed by atoms with van der Waals surface area (Å²) in [5.41, 5.74) is 1.88. The van der Waals surface area contributed by atoms with Crippen LogP contribution in [0.15, 0.2) is 18.2 Å². The fourth-order valence-corrected chi connectivity index (χ4v) is 3.77. The molecule has 0 radical (unpaired) electrons. The Morgan fingerprint density at radius 1 is 1.33 bits per heavy atom. The van der Waals surface area contributed by atoms with E-state index in [0.29, 0.717) is 11.3 Å². The van der Waals surface area contributed by atoms with Crippen LogP contribution in [-0.4, -0.2) is 30.1 Å². The van der Waals surface area contributed by atoms with Crippen molar-refractivity contribution in [3.8, 4) is 0 Å². The molecule has 0 aliphatic carbocycles. The van der Waals surface area contributed by atoms with Crippen molar-refractivity contribution in [3.63, 3.8) is 0 Å². The van der Waals surface area contributed by atoms with Gasteiger partial charge in [-0.1, -0.05) is 26.8 Å². The van der Waals surface area contributed by atoms with Gasteiger partial charge in [0.15, 0.2) is 0 Å². The van der Waals surface area contributed by atoms with E-state index in [1.54, 1.807) is 6.07 Å². The molecule has 0 bridgehead atoms. The number of nitrogens with zero attached hydrogens (tertiary/aromatic N) is 1. The van der Waals surface area contributed by atoms with Crippen molar-refractivity contribution in [3.05, 3.63) is 29.6 Å². The zero-order valence-electron chi connectivity index (χ0n) is 13.4. The number of thioether (sulfide) groups is 1. The number of hydrogen-bond donors (Lipinski definition) is 1. The number of nitrogens with one attached hydrogen (secondary N) is 1. The zero-order valence-corrected chi connectivity index (χ0v) is 14.2. The van der Waals surface area contributed by atoms with E-state index in [1.807, 2.05) is 17.8 Å². The molecule has 2 nitrogen and oxygen atoms in total. The van der Waals surface area contributed by atoms with E-state index in [-0.39, 0.29) is 5.82 Å². The summed E-state index contributed by atoms with van der Waals surface area (Å²) < 4.78 is 14.5. The monoisotopic (exact) mass is 310 g/mol. The standard InChI is InChI=1S/C17H27FN2S/c1-4-9-19-13-14-15(18)6-5-7-16(14)20-10-8-17(2,3)21-12-11-20/h5-7,19H,4,8-13H2,1-3H3. The summed E-state index contributed by atoms with van der Waals surface area (Å²) in [5, 5.41) is 3.33. The maximum absolute atomic E-state index is 14.2. The van der Waals surface area contributed by atoms with E-state index in [0.717, 1.165) is 49.5 Å². The zero-order chi connectivity index (χ0) is 15.3. The second-order valence-electron chi connectivity index (χ2n) is 6.26. The normalized spacial score (nSPS) is 18.6. The van der Waals surface area contributed by atoms with Crippen LogP contribution in [0.4, 0.5) is 10.1 Å². The highest BCUT2D eigenvalue weighted by Crippen LogP contribution is 2.33. The molecule has 0 amide bonds. The minimum atomic E-state index is -0.0905. The molecule has 1 heterocycles. The third-order valence-electron chi connectivity index (χ3n) is 4.00. The number of hydrogen-bond acceptors (Lipinski definition) is 3. The van der Waals surface area contributed by atoms with E-state index in [2.05, 4.69) is 37.1 Å². The predicted octanol–water partition coefficient (Wildman–Crippen LogP) is 4.05. The molecule has 2 rings (SSSR count). The molecular weight excluding hydrogens is 283 g/mol. The van der Waals surface area contributed by atoms with Crippen molar-refractivity contribution in [2.24, 2.45) is 0 Å². The Labute approximate surface area is 132 Å². The lowest BCUT2D eigenvalue weighted by atomic mass is 10.1. The quantitative estimate of drug-likeness (QED) is 0.826. The van der Waals surface area contributed by atoms with Gasteiger partial charge in [0.2, 0.25) is 0 Å². The SMILES string of the molecule is CCCNCc1c(F)cccc1N1CCSC(C)(C)CC1. The Bertz CT molecular complexity index is 462. The van der Waals surface area contributed by atoms with Gasteiger partial charge >= 0.3 is 0 Å². The molecule has 1 aromatic rings. The molecule has 21 heavy (non-hydrogen) atoms. The van der Waals surface area contributed by atoms with Gasteiger partial charge in [0.25, 0.3) is 0 Å². The fourth-order valence-electron chi connectivity index (χ4n) is 2.67. The molecule has 0 aromatic heterocycles. The molecule has 0 atom stereocenters. The molecular formula is C17H27FN2S. The first-order valence-electron chi connectivity index (χ1n) is 7.90. The van der Waals surface area contributed by atoms with Gasteiger partial charge in [0, 0.05) is 41.4 Å². The molecule has 1 aromatic carbocycles. The molecule has 0 spiro atoms. The Hall–Kier alpha value is -0.740. The van der Waals surface area contributed by atoms with Gasteiger partial charge in [-0.25, -0.2) is 4.39 Å². The summed E-state index contributed by atoms with van der Waals surface area (Å²) >= 11 is 2.02. The Morgan fingerprint density at radius 3 is 2.90 bits per heavy atom. The maximum atomic E-state index is 14.2. The summed E-state index contributed by atoms with van der Waals surface area (Å²) in [7, 11) is 0. The van der Waals surface area contributed by atoms with Crippen LogP contribution in [-0.2, 0) is 6.54 Å². The first kappa shape index (κ1) is 16.6. The average Bonchev–Trinajstić information content (AvgIpc) is 2.62. The average molecular weight is 310 g/mol. The van der Waals surface area contributed by atoms with Crippen molar-refractivity contribution in [1.82, 2.24) is 5.32 Å². The van der Waals surface area contributed by atoms with Crippen LogP contribution in [0.1, 0.15) is 39.2 Å². The molecule has 1 saturated heterocycles. The summed E-state index contributed by atoms with van der Waals surface area (Å²) in [5.74, 6) is 1.01. The van der Waals surface area contributed by atoms with Crippen molar-refractivity contribution in [1.29, 1.82) is 0 Å². The van der Waals surface area contributed by atoms with Crippen molar-refractivity contribution < 1.29 is 4.39 Å². The molecule has 1 N–H and O–H groups in total. The molecule has 1 aliphatic heterocycles. The van der Waals surface area contributed by atoms with Crippen LogP contribution < -0.4 is 10.2 Å². The third-order valence-corrected chi connectivity index (χ3v) is 5.37. The fraction of sp³-hybridized carbons (Fsp3) is 0.647. The number of halogens is 1. The van der Waals surface area contributed by atoms with Crippen molar-refractivity contribution in [2.75, 3.05) is 30.3 Å². The number of anilines is 1. The minimum Gasteiger partial charge on any atom is -0.370 e. The van der Waals surface area contributed by atoms with Crippen molar-refractivity contribution >= 4 is 17.4 Å². The maximum Gasteiger partial charge on any atom is 0.129 e. The summed E-state index contributed by atoms with van der Waals surface area (Å²) in [6.45, 7) is 10.3. The van der Waals surface area contributed by atoms with Gasteiger partial charge in [0.05, 0.1) is 0 Å². The minimum absolute atomic E-state index is 0.0905. The van der Waals surface area contributed by atoms with E-state index in [9.17, 15) is 4.39 Å². The van der Waals surface area contributed by atoms with Crippen LogP contribution in [0.5, 0.6) is 0 Å². The lowest BCUT2D eigenvalue weighted by Gasteiger charge is -2.26. The van der Waals surface area contributed by atoms with Gasteiger partial charge in [-0.2, -0.15) is 11.8 Å². The van der Waals surface area contributed by atoms with Crippen LogP contribution in [0.2, 0.25) is 0 Å². The van der Waals surface area contributed by atoms with Gasteiger partial charge in [-0.3, -0.25) is 0 Å². The van der Waals surface area contributed by atoms with E-state index >= 15 is 0 Å². The molecule has 1 fully saturated rings. The lowest BCUT2D eigenvalue weighted by molar-refractivity contribution is 0.582. The third kappa shape index (κ3) is 4.62. The Morgan fingerprint density at radius 2 is 2.14 bits per heavy atom. The summed E-state index contributed by atoms with van der Waals surface area (Å²) in [6, 6.07) is 5.47. The van der Waals surface area contributed by atoms with Gasteiger partial charge in [-0.05, 0) is 31.5 Å². The topological polar surface area (TPSA) is 15.3 Å². The Kier molecular flexibility index (Phi) is 5.94.